The summed E-state index contributed by atoms with van der Waals surface area (Å²) in [5, 5.41) is 14.2. The summed E-state index contributed by atoms with van der Waals surface area (Å²) in [6.07, 6.45) is 0. The Morgan fingerprint density at radius 1 is 0.800 bits per heavy atom. The lowest BCUT2D eigenvalue weighted by atomic mass is 10.0. The number of nitrogens with one attached hydrogen (secondary N) is 1. The molecule has 0 aliphatic carbocycles. The Morgan fingerprint density at radius 2 is 1.38 bits per heavy atom. The molecule has 0 bridgehead atoms. The number of hydrogen-bond donors (Lipinski definition) is 1. The topological polar surface area (TPSA) is 99.1 Å². The molecule has 10 heteroatoms. The van der Waals surface area contributed by atoms with Crippen molar-refractivity contribution in [2.75, 3.05) is 19.5 Å². The van der Waals surface area contributed by atoms with Crippen LogP contribution in [0.3, 0.4) is 0 Å². The monoisotopic (exact) mass is 569 g/mol. The van der Waals surface area contributed by atoms with Gasteiger partial charge in [-0.15, -0.1) is 21.5 Å². The summed E-state index contributed by atoms with van der Waals surface area (Å²) in [6, 6.07) is 23.3. The number of aromatic nitrogens is 4. The number of rotatable bonds is 9. The zero-order chi connectivity index (χ0) is 28.1. The van der Waals surface area contributed by atoms with Gasteiger partial charge >= 0.3 is 0 Å². The molecule has 0 saturated heterocycles. The zero-order valence-corrected chi connectivity index (χ0v) is 24.0. The van der Waals surface area contributed by atoms with E-state index in [9.17, 15) is 4.79 Å². The van der Waals surface area contributed by atoms with Crippen LogP contribution in [-0.4, -0.2) is 45.5 Å². The van der Waals surface area contributed by atoms with Crippen LogP contribution < -0.4 is 14.8 Å². The lowest BCUT2D eigenvalue weighted by Crippen LogP contribution is -2.22. The van der Waals surface area contributed by atoms with Crippen LogP contribution in [0, 0.1) is 6.92 Å². The Balaban J connectivity index is 1.36. The maximum absolute atomic E-state index is 13.0. The average molecular weight is 570 g/mol. The minimum absolute atomic E-state index is 0.191. The molecule has 5 rings (SSSR count). The number of aryl methyl sites for hydroxylation is 1. The highest BCUT2D eigenvalue weighted by Gasteiger charge is 2.21. The van der Waals surface area contributed by atoms with Gasteiger partial charge in [0.25, 0.3) is 0 Å². The maximum atomic E-state index is 13.0. The Bertz CT molecular complexity index is 1600. The first-order valence-electron chi connectivity index (χ1n) is 12.5. The number of amides is 1. The highest BCUT2D eigenvalue weighted by atomic mass is 32.2. The molecule has 1 N–H and O–H groups in total. The Morgan fingerprint density at radius 3 is 1.98 bits per heavy atom. The molecule has 3 aromatic carbocycles. The van der Waals surface area contributed by atoms with Gasteiger partial charge in [-0.05, 0) is 62.4 Å². The summed E-state index contributed by atoms with van der Waals surface area (Å²) >= 11 is 2.63. The van der Waals surface area contributed by atoms with E-state index in [4.69, 9.17) is 14.5 Å². The number of methoxy groups -OCH3 is 2. The lowest BCUT2D eigenvalue weighted by molar-refractivity contribution is -0.115. The molecular formula is C30H27N5O3S2. The highest BCUT2D eigenvalue weighted by molar-refractivity contribution is 8.00. The lowest BCUT2D eigenvalue weighted by Gasteiger charge is -2.13. The third-order valence-electron chi connectivity index (χ3n) is 6.13. The number of thiazole rings is 1. The van der Waals surface area contributed by atoms with Crippen LogP contribution >= 0.6 is 23.1 Å². The minimum Gasteiger partial charge on any atom is -0.497 e. The predicted octanol–water partition coefficient (Wildman–Crippen LogP) is 6.77. The molecule has 8 nitrogen and oxygen atoms in total. The average Bonchev–Trinajstić information content (AvgIpc) is 3.46. The number of hydrogen-bond acceptors (Lipinski definition) is 9. The van der Waals surface area contributed by atoms with Crippen molar-refractivity contribution in [3.8, 4) is 45.3 Å². The van der Waals surface area contributed by atoms with Crippen LogP contribution in [0.25, 0.3) is 33.8 Å². The third-order valence-corrected chi connectivity index (χ3v) is 7.84. The van der Waals surface area contributed by atoms with Crippen molar-refractivity contribution < 1.29 is 14.3 Å². The first kappa shape index (κ1) is 27.3. The number of carbonyl (C=O) groups excluding carboxylic acids is 1. The van der Waals surface area contributed by atoms with Crippen molar-refractivity contribution in [3.05, 3.63) is 83.7 Å². The van der Waals surface area contributed by atoms with Gasteiger partial charge in [-0.1, -0.05) is 41.6 Å². The first-order chi connectivity index (χ1) is 19.4. The van der Waals surface area contributed by atoms with Crippen LogP contribution in [0.4, 0.5) is 5.13 Å². The fourth-order valence-corrected chi connectivity index (χ4v) is 5.30. The van der Waals surface area contributed by atoms with E-state index in [0.717, 1.165) is 33.9 Å². The quantitative estimate of drug-likeness (QED) is 0.194. The van der Waals surface area contributed by atoms with E-state index >= 15 is 0 Å². The zero-order valence-electron chi connectivity index (χ0n) is 22.4. The number of carbonyl (C=O) groups is 1. The van der Waals surface area contributed by atoms with Gasteiger partial charge in [0.2, 0.25) is 11.1 Å². The molecule has 2 aromatic heterocycles. The second-order valence-corrected chi connectivity index (χ2v) is 11.1. The molecule has 1 unspecified atom stereocenters. The summed E-state index contributed by atoms with van der Waals surface area (Å²) in [6.45, 7) is 3.85. The number of benzene rings is 3. The molecule has 0 fully saturated rings. The molecule has 0 saturated carbocycles. The van der Waals surface area contributed by atoms with Crippen LogP contribution in [0.15, 0.2) is 83.3 Å². The van der Waals surface area contributed by atoms with Crippen LogP contribution in [0.1, 0.15) is 12.5 Å². The van der Waals surface area contributed by atoms with E-state index in [1.807, 2.05) is 92.0 Å². The third kappa shape index (κ3) is 6.30. The standard InChI is InChI=1S/C30H27N5O3S2/c1-18-5-7-20(8-6-18)25-17-39-29(31-25)33-28(36)19(2)40-30-32-26(21-9-13-23(37-3)14-10-21)27(34-35-30)22-11-15-24(38-4)16-12-22/h5-17,19H,1-4H3,(H,31,33,36). The van der Waals surface area contributed by atoms with Crippen molar-refractivity contribution in [2.45, 2.75) is 24.3 Å². The molecule has 202 valence electrons. The minimum atomic E-state index is -0.482. The molecule has 2 heterocycles. The van der Waals surface area contributed by atoms with Gasteiger partial charge in [0.1, 0.15) is 22.9 Å². The molecule has 0 aliphatic heterocycles. The molecule has 0 aliphatic rings. The van der Waals surface area contributed by atoms with E-state index in [1.54, 1.807) is 14.2 Å². The SMILES string of the molecule is COc1ccc(-c2nnc(SC(C)C(=O)Nc3nc(-c4ccc(C)cc4)cs3)nc2-c2ccc(OC)cc2)cc1. The van der Waals surface area contributed by atoms with Crippen LogP contribution in [-0.2, 0) is 4.79 Å². The van der Waals surface area contributed by atoms with Crippen molar-refractivity contribution in [3.63, 3.8) is 0 Å². The van der Waals surface area contributed by atoms with Crippen molar-refractivity contribution in [1.82, 2.24) is 20.2 Å². The summed E-state index contributed by atoms with van der Waals surface area (Å²) in [5.41, 5.74) is 6.00. The summed E-state index contributed by atoms with van der Waals surface area (Å²) < 4.78 is 10.6. The van der Waals surface area contributed by atoms with Gasteiger partial charge in [0.05, 0.1) is 25.2 Å². The highest BCUT2D eigenvalue weighted by Crippen LogP contribution is 2.33. The fourth-order valence-electron chi connectivity index (χ4n) is 3.86. The predicted molar refractivity (Wildman–Crippen MR) is 160 cm³/mol. The van der Waals surface area contributed by atoms with Crippen LogP contribution in [0.2, 0.25) is 0 Å². The summed E-state index contributed by atoms with van der Waals surface area (Å²) in [4.78, 5) is 22.4. The largest absolute Gasteiger partial charge is 0.497 e. The van der Waals surface area contributed by atoms with Crippen molar-refractivity contribution in [2.24, 2.45) is 0 Å². The second kappa shape index (κ2) is 12.3. The normalized spacial score (nSPS) is 11.6. The molecule has 5 aromatic rings. The van der Waals surface area contributed by atoms with Gasteiger partial charge in [0.15, 0.2) is 5.13 Å². The maximum Gasteiger partial charge on any atom is 0.239 e. The Labute approximate surface area is 240 Å². The number of ether oxygens (including phenoxy) is 2. The van der Waals surface area contributed by atoms with Crippen molar-refractivity contribution >= 4 is 34.1 Å². The van der Waals surface area contributed by atoms with Gasteiger partial charge < -0.3 is 14.8 Å². The molecule has 0 spiro atoms. The number of anilines is 1. The van der Waals surface area contributed by atoms with Gasteiger partial charge in [-0.3, -0.25) is 4.79 Å². The second-order valence-electron chi connectivity index (χ2n) is 8.90. The van der Waals surface area contributed by atoms with E-state index < -0.39 is 5.25 Å². The Hall–Kier alpha value is -4.28. The summed E-state index contributed by atoms with van der Waals surface area (Å²) in [7, 11) is 3.25. The van der Waals surface area contributed by atoms with Gasteiger partial charge in [-0.25, -0.2) is 9.97 Å². The van der Waals surface area contributed by atoms with E-state index in [1.165, 1.54) is 28.7 Å². The summed E-state index contributed by atoms with van der Waals surface area (Å²) in [5.74, 6) is 1.29. The number of nitrogens with zero attached hydrogens (tertiary/aromatic N) is 4. The smallest absolute Gasteiger partial charge is 0.239 e. The Kier molecular flexibility index (Phi) is 8.37. The van der Waals surface area contributed by atoms with E-state index in [2.05, 4.69) is 20.5 Å². The molecular weight excluding hydrogens is 542 g/mol. The molecule has 0 radical (unpaired) electrons. The first-order valence-corrected chi connectivity index (χ1v) is 14.2. The molecule has 1 amide bonds. The van der Waals surface area contributed by atoms with Crippen molar-refractivity contribution in [1.29, 1.82) is 0 Å². The molecule has 1 atom stereocenters. The van der Waals surface area contributed by atoms with Crippen LogP contribution in [0.5, 0.6) is 11.5 Å². The molecule has 40 heavy (non-hydrogen) atoms. The van der Waals surface area contributed by atoms with E-state index in [0.29, 0.717) is 21.7 Å². The number of thioether (sulfide) groups is 1. The van der Waals surface area contributed by atoms with E-state index in [-0.39, 0.29) is 5.91 Å². The van der Waals surface area contributed by atoms with Gasteiger partial charge in [-0.2, -0.15) is 0 Å². The van der Waals surface area contributed by atoms with Gasteiger partial charge in [0, 0.05) is 22.1 Å². The fraction of sp³-hybridized carbons (Fsp3) is 0.167.